The summed E-state index contributed by atoms with van der Waals surface area (Å²) in [5, 5.41) is 7.46. The van der Waals surface area contributed by atoms with Crippen molar-refractivity contribution in [3.63, 3.8) is 0 Å². The Bertz CT molecular complexity index is 614. The number of guanidine groups is 1. The number of thioether (sulfide) groups is 1. The first-order valence-electron chi connectivity index (χ1n) is 8.33. The van der Waals surface area contributed by atoms with Gasteiger partial charge in [-0.2, -0.15) is 0 Å². The Morgan fingerprint density at radius 1 is 1.27 bits per heavy atom. The van der Waals surface area contributed by atoms with Gasteiger partial charge in [-0.1, -0.05) is 23.8 Å². The van der Waals surface area contributed by atoms with Gasteiger partial charge in [0.2, 0.25) is 5.91 Å². The highest BCUT2D eigenvalue weighted by Crippen LogP contribution is 2.19. The van der Waals surface area contributed by atoms with Crippen molar-refractivity contribution in [2.45, 2.75) is 23.8 Å². The lowest BCUT2D eigenvalue weighted by Gasteiger charge is -2.18. The number of aliphatic imine (C=N–C) groups is 1. The van der Waals surface area contributed by atoms with Crippen LogP contribution in [0.15, 0.2) is 46.3 Å². The fraction of sp³-hybridized carbons (Fsp3) is 0.444. The molecule has 2 N–H and O–H groups in total. The average molecular weight is 509 g/mol. The number of benzene rings is 1. The molecule has 0 radical (unpaired) electrons. The van der Waals surface area contributed by atoms with Crippen LogP contribution in [-0.4, -0.2) is 55.7 Å². The number of nitrogens with one attached hydrogen (secondary N) is 2. The van der Waals surface area contributed by atoms with Gasteiger partial charge in [-0.05, 0) is 37.1 Å². The van der Waals surface area contributed by atoms with Crippen molar-refractivity contribution in [3.05, 3.63) is 41.4 Å². The minimum atomic E-state index is -0.0128. The van der Waals surface area contributed by atoms with Crippen LogP contribution in [-0.2, 0) is 4.79 Å². The molecule has 144 valence electrons. The van der Waals surface area contributed by atoms with Gasteiger partial charge in [-0.25, -0.2) is 4.99 Å². The fourth-order valence-electron chi connectivity index (χ4n) is 2.24. The second-order valence-corrected chi connectivity index (χ2v) is 7.57. The molecule has 0 bridgehead atoms. The second kappa shape index (κ2) is 12.5. The number of carbonyl (C=O) groups is 1. The Kier molecular flexibility index (Phi) is 11.1. The van der Waals surface area contributed by atoms with E-state index in [-0.39, 0.29) is 36.4 Å². The molecule has 0 saturated heterocycles. The van der Waals surface area contributed by atoms with Crippen LogP contribution in [0.25, 0.3) is 0 Å². The zero-order valence-corrected chi connectivity index (χ0v) is 19.0. The molecule has 1 aromatic rings. The van der Waals surface area contributed by atoms with Crippen LogP contribution < -0.4 is 10.6 Å². The van der Waals surface area contributed by atoms with Crippen molar-refractivity contribution in [1.82, 2.24) is 15.5 Å². The van der Waals surface area contributed by atoms with E-state index in [2.05, 4.69) is 27.8 Å². The van der Waals surface area contributed by atoms with Gasteiger partial charge in [0.25, 0.3) is 0 Å². The van der Waals surface area contributed by atoms with Gasteiger partial charge in [-0.15, -0.1) is 35.7 Å². The molecule has 0 unspecified atom stereocenters. The number of halogens is 2. The maximum absolute atomic E-state index is 11.8. The third kappa shape index (κ3) is 8.64. The summed E-state index contributed by atoms with van der Waals surface area (Å²) in [6.45, 7) is 0.905. The molecule has 1 aromatic carbocycles. The normalized spacial score (nSPS) is 14.0. The monoisotopic (exact) mass is 508 g/mol. The van der Waals surface area contributed by atoms with Crippen LogP contribution in [0.1, 0.15) is 12.8 Å². The Hall–Kier alpha value is -0.930. The number of hydrogen-bond donors (Lipinski definition) is 2. The zero-order chi connectivity index (χ0) is 18.1. The summed E-state index contributed by atoms with van der Waals surface area (Å²) in [7, 11) is 3.48. The predicted octanol–water partition coefficient (Wildman–Crippen LogP) is 3.39. The smallest absolute Gasteiger partial charge is 0.243 e. The number of amides is 1. The first-order chi connectivity index (χ1) is 12.0. The molecule has 1 aliphatic carbocycles. The third-order valence-electron chi connectivity index (χ3n) is 3.70. The van der Waals surface area contributed by atoms with Crippen LogP contribution in [0.5, 0.6) is 0 Å². The molecule has 1 aliphatic rings. The topological polar surface area (TPSA) is 56.7 Å². The van der Waals surface area contributed by atoms with Gasteiger partial charge >= 0.3 is 0 Å². The van der Waals surface area contributed by atoms with E-state index >= 15 is 0 Å². The lowest BCUT2D eigenvalue weighted by molar-refractivity contribution is -0.127. The summed E-state index contributed by atoms with van der Waals surface area (Å²) in [6.07, 6.45) is 6.30. The molecular formula is C18H26ClIN4OS. The summed E-state index contributed by atoms with van der Waals surface area (Å²) in [5.74, 6) is 1.58. The van der Waals surface area contributed by atoms with E-state index in [1.165, 1.54) is 4.90 Å². The van der Waals surface area contributed by atoms with Gasteiger partial charge < -0.3 is 15.5 Å². The summed E-state index contributed by atoms with van der Waals surface area (Å²) < 4.78 is 0. The van der Waals surface area contributed by atoms with Crippen LogP contribution in [0.3, 0.4) is 0 Å². The number of hydrogen-bond acceptors (Lipinski definition) is 3. The maximum Gasteiger partial charge on any atom is 0.243 e. The number of nitrogens with zero attached hydrogens (tertiary/aromatic N) is 2. The summed E-state index contributed by atoms with van der Waals surface area (Å²) >= 11 is 7.65. The molecule has 1 amide bonds. The fourth-order valence-corrected chi connectivity index (χ4v) is 3.13. The third-order valence-corrected chi connectivity index (χ3v) is 4.96. The van der Waals surface area contributed by atoms with Crippen molar-refractivity contribution in [2.75, 3.05) is 32.9 Å². The van der Waals surface area contributed by atoms with Crippen molar-refractivity contribution < 1.29 is 4.79 Å². The van der Waals surface area contributed by atoms with Gasteiger partial charge in [0.1, 0.15) is 6.54 Å². The van der Waals surface area contributed by atoms with Crippen LogP contribution in [0, 0.1) is 0 Å². The molecule has 0 saturated carbocycles. The molecule has 0 fully saturated rings. The van der Waals surface area contributed by atoms with Gasteiger partial charge in [-0.3, -0.25) is 4.79 Å². The van der Waals surface area contributed by atoms with E-state index in [0.717, 1.165) is 30.2 Å². The summed E-state index contributed by atoms with van der Waals surface area (Å²) in [5.41, 5.74) is 0. The quantitative estimate of drug-likeness (QED) is 0.148. The maximum atomic E-state index is 11.8. The summed E-state index contributed by atoms with van der Waals surface area (Å²) in [6, 6.07) is 8.17. The predicted molar refractivity (Wildman–Crippen MR) is 122 cm³/mol. The molecule has 0 aromatic heterocycles. The van der Waals surface area contributed by atoms with E-state index in [1.54, 1.807) is 30.8 Å². The second-order valence-electron chi connectivity index (χ2n) is 5.97. The van der Waals surface area contributed by atoms with Gasteiger partial charge in [0.05, 0.1) is 0 Å². The number of carbonyl (C=O) groups excluding carboxylic acids is 1. The van der Waals surface area contributed by atoms with Crippen molar-refractivity contribution in [1.29, 1.82) is 0 Å². The number of rotatable bonds is 7. The molecule has 26 heavy (non-hydrogen) atoms. The highest BCUT2D eigenvalue weighted by atomic mass is 127. The molecule has 5 nitrogen and oxygen atoms in total. The highest BCUT2D eigenvalue weighted by molar-refractivity contribution is 14.0. The van der Waals surface area contributed by atoms with E-state index in [4.69, 9.17) is 11.6 Å². The Morgan fingerprint density at radius 2 is 1.92 bits per heavy atom. The SMILES string of the molecule is CN(C)C(=O)CN=C(NCCSc1ccc(Cl)cc1)NC1CC=CC1.I. The van der Waals surface area contributed by atoms with E-state index < -0.39 is 0 Å². The number of likely N-dealkylation sites (N-methyl/N-ethyl adjacent to an activating group) is 1. The Labute approximate surface area is 182 Å². The molecule has 8 heteroatoms. The molecule has 0 atom stereocenters. The van der Waals surface area contributed by atoms with Crippen molar-refractivity contribution in [3.8, 4) is 0 Å². The minimum absolute atomic E-state index is 0. The van der Waals surface area contributed by atoms with E-state index in [1.807, 2.05) is 24.3 Å². The van der Waals surface area contributed by atoms with E-state index in [9.17, 15) is 4.79 Å². The Balaban J connectivity index is 0.00000338. The molecule has 0 spiro atoms. The van der Waals surface area contributed by atoms with E-state index in [0.29, 0.717) is 12.0 Å². The van der Waals surface area contributed by atoms with Gasteiger partial charge in [0, 0.05) is 42.4 Å². The van der Waals surface area contributed by atoms with Crippen molar-refractivity contribution in [2.24, 2.45) is 4.99 Å². The lowest BCUT2D eigenvalue weighted by atomic mass is 10.2. The molecule has 0 heterocycles. The minimum Gasteiger partial charge on any atom is -0.356 e. The standard InChI is InChI=1S/C18H25ClN4OS.HI/c1-23(2)17(24)13-21-18(22-15-5-3-4-6-15)20-11-12-25-16-9-7-14(19)8-10-16;/h3-4,7-10,15H,5-6,11-13H2,1-2H3,(H2,20,21,22);1H. The first-order valence-corrected chi connectivity index (χ1v) is 9.69. The van der Waals surface area contributed by atoms with Crippen LogP contribution in [0.4, 0.5) is 0 Å². The lowest BCUT2D eigenvalue weighted by Crippen LogP contribution is -2.44. The van der Waals surface area contributed by atoms with Crippen molar-refractivity contribution >= 4 is 59.2 Å². The molecule has 2 rings (SSSR count). The average Bonchev–Trinajstić information content (AvgIpc) is 3.10. The zero-order valence-electron chi connectivity index (χ0n) is 15.1. The highest BCUT2D eigenvalue weighted by Gasteiger charge is 2.12. The molecular weight excluding hydrogens is 483 g/mol. The van der Waals surface area contributed by atoms with Crippen LogP contribution in [0.2, 0.25) is 5.02 Å². The van der Waals surface area contributed by atoms with Crippen LogP contribution >= 0.6 is 47.3 Å². The Morgan fingerprint density at radius 3 is 2.54 bits per heavy atom. The largest absolute Gasteiger partial charge is 0.356 e. The first kappa shape index (κ1) is 23.1. The summed E-state index contributed by atoms with van der Waals surface area (Å²) in [4.78, 5) is 18.9. The molecule has 0 aliphatic heterocycles. The van der Waals surface area contributed by atoms with Gasteiger partial charge in [0.15, 0.2) is 5.96 Å².